The SMILES string of the molecule is CCCC1CCN(CC(=O)NC(CCCNC)C(=O)NCc2ccc(O)cc2)CC1.N=CN.c1ccccc1. The number of hydrogen-bond donors (Lipinski definition) is 6. The summed E-state index contributed by atoms with van der Waals surface area (Å²) in [5.74, 6) is 0.725. The van der Waals surface area contributed by atoms with Crippen LogP contribution in [0.15, 0.2) is 60.7 Å². The van der Waals surface area contributed by atoms with Gasteiger partial charge in [0.05, 0.1) is 12.9 Å². The van der Waals surface area contributed by atoms with E-state index in [-0.39, 0.29) is 17.6 Å². The van der Waals surface area contributed by atoms with Gasteiger partial charge in [0, 0.05) is 6.54 Å². The van der Waals surface area contributed by atoms with Gasteiger partial charge in [-0.15, -0.1) is 0 Å². The first kappa shape index (κ1) is 33.6. The third-order valence-corrected chi connectivity index (χ3v) is 6.41. The number of phenolic OH excluding ortho intramolecular Hbond substituents is 1. The third kappa shape index (κ3) is 16.2. The molecule has 39 heavy (non-hydrogen) atoms. The summed E-state index contributed by atoms with van der Waals surface area (Å²) in [5, 5.41) is 24.2. The first-order chi connectivity index (χ1) is 18.9. The number of rotatable bonds is 12. The summed E-state index contributed by atoms with van der Waals surface area (Å²) in [6.07, 6.45) is 6.94. The smallest absolute Gasteiger partial charge is 0.242 e. The second kappa shape index (κ2) is 21.5. The highest BCUT2D eigenvalue weighted by Crippen LogP contribution is 2.21. The highest BCUT2D eigenvalue weighted by atomic mass is 16.3. The first-order valence-corrected chi connectivity index (χ1v) is 13.9. The van der Waals surface area contributed by atoms with Crippen LogP contribution in [0.3, 0.4) is 0 Å². The zero-order chi connectivity index (χ0) is 28.7. The minimum atomic E-state index is -0.541. The summed E-state index contributed by atoms with van der Waals surface area (Å²) in [6.45, 7) is 5.64. The van der Waals surface area contributed by atoms with E-state index in [0.717, 1.165) is 56.7 Å². The Kier molecular flexibility index (Phi) is 18.5. The molecule has 2 aromatic carbocycles. The number of nitrogens with one attached hydrogen (secondary N) is 4. The lowest BCUT2D eigenvalue weighted by Crippen LogP contribution is -2.50. The fourth-order valence-electron chi connectivity index (χ4n) is 4.35. The molecule has 9 heteroatoms. The van der Waals surface area contributed by atoms with E-state index in [9.17, 15) is 14.7 Å². The predicted octanol–water partition coefficient (Wildman–Crippen LogP) is 3.24. The molecule has 0 saturated carbocycles. The van der Waals surface area contributed by atoms with Crippen LogP contribution in [0.4, 0.5) is 0 Å². The number of phenols is 1. The van der Waals surface area contributed by atoms with Crippen molar-refractivity contribution in [3.8, 4) is 5.75 Å². The van der Waals surface area contributed by atoms with Crippen molar-refractivity contribution in [3.05, 3.63) is 66.2 Å². The molecule has 1 fully saturated rings. The maximum absolute atomic E-state index is 12.7. The molecule has 0 radical (unpaired) electrons. The lowest BCUT2D eigenvalue weighted by molar-refractivity contribution is -0.130. The molecular formula is C30H48N6O3. The summed E-state index contributed by atoms with van der Waals surface area (Å²) in [4.78, 5) is 27.5. The van der Waals surface area contributed by atoms with Gasteiger partial charge >= 0.3 is 0 Å². The number of carbonyl (C=O) groups excluding carboxylic acids is 2. The van der Waals surface area contributed by atoms with Crippen LogP contribution in [0.1, 0.15) is 51.0 Å². The van der Waals surface area contributed by atoms with E-state index in [1.165, 1.54) is 12.8 Å². The van der Waals surface area contributed by atoms with Gasteiger partial charge in [0.25, 0.3) is 0 Å². The van der Waals surface area contributed by atoms with Crippen molar-refractivity contribution < 1.29 is 14.7 Å². The van der Waals surface area contributed by atoms with Gasteiger partial charge in [0.15, 0.2) is 0 Å². The maximum atomic E-state index is 12.7. The van der Waals surface area contributed by atoms with Gasteiger partial charge in [0.1, 0.15) is 11.8 Å². The van der Waals surface area contributed by atoms with Crippen LogP contribution in [0, 0.1) is 11.3 Å². The zero-order valence-corrected chi connectivity index (χ0v) is 23.6. The highest BCUT2D eigenvalue weighted by Gasteiger charge is 2.24. The number of benzene rings is 2. The Hall–Kier alpha value is -3.43. The molecule has 7 N–H and O–H groups in total. The van der Waals surface area contributed by atoms with E-state index in [0.29, 0.717) is 19.5 Å². The van der Waals surface area contributed by atoms with Crippen LogP contribution in [0.2, 0.25) is 0 Å². The van der Waals surface area contributed by atoms with Crippen LogP contribution in [-0.2, 0) is 16.1 Å². The van der Waals surface area contributed by atoms with Gasteiger partial charge in [-0.2, -0.15) is 0 Å². The quantitative estimate of drug-likeness (QED) is 0.139. The first-order valence-electron chi connectivity index (χ1n) is 13.9. The van der Waals surface area contributed by atoms with E-state index < -0.39 is 6.04 Å². The Labute approximate surface area is 234 Å². The molecule has 1 unspecified atom stereocenters. The van der Waals surface area contributed by atoms with Gasteiger partial charge in [0.2, 0.25) is 11.8 Å². The Morgan fingerprint density at radius 2 is 1.67 bits per heavy atom. The minimum absolute atomic E-state index is 0.0850. The van der Waals surface area contributed by atoms with Crippen molar-refractivity contribution in [3.63, 3.8) is 0 Å². The number of likely N-dealkylation sites (tertiary alicyclic amines) is 1. The van der Waals surface area contributed by atoms with Crippen molar-refractivity contribution >= 4 is 18.2 Å². The van der Waals surface area contributed by atoms with E-state index in [1.54, 1.807) is 24.3 Å². The van der Waals surface area contributed by atoms with Crippen molar-refractivity contribution in [2.45, 2.75) is 58.0 Å². The molecule has 1 heterocycles. The van der Waals surface area contributed by atoms with Crippen LogP contribution >= 0.6 is 0 Å². The number of hydrogen-bond acceptors (Lipinski definition) is 6. The number of piperidine rings is 1. The largest absolute Gasteiger partial charge is 0.508 e. The third-order valence-electron chi connectivity index (χ3n) is 6.41. The van der Waals surface area contributed by atoms with Gasteiger partial charge in [-0.25, -0.2) is 0 Å². The van der Waals surface area contributed by atoms with Gasteiger partial charge in [-0.05, 0) is 76.0 Å². The normalized spacial score (nSPS) is 14.0. The number of aromatic hydroxyl groups is 1. The van der Waals surface area contributed by atoms with Crippen LogP contribution in [0.5, 0.6) is 5.75 Å². The zero-order valence-electron chi connectivity index (χ0n) is 23.6. The lowest BCUT2D eigenvalue weighted by atomic mass is 9.92. The second-order valence-corrected chi connectivity index (χ2v) is 9.58. The number of carbonyl (C=O) groups is 2. The van der Waals surface area contributed by atoms with Crippen LogP contribution in [-0.4, -0.2) is 67.4 Å². The van der Waals surface area contributed by atoms with Gasteiger partial charge < -0.3 is 26.8 Å². The molecule has 0 aromatic heterocycles. The second-order valence-electron chi connectivity index (χ2n) is 9.58. The molecule has 3 rings (SSSR count). The number of nitrogens with two attached hydrogens (primary N) is 1. The van der Waals surface area contributed by atoms with Crippen LogP contribution in [0.25, 0.3) is 0 Å². The summed E-state index contributed by atoms with van der Waals surface area (Å²) in [6, 6.07) is 18.2. The Bertz CT molecular complexity index is 876. The molecule has 1 aliphatic heterocycles. The topological polar surface area (TPSA) is 144 Å². The van der Waals surface area contributed by atoms with Crippen molar-refractivity contribution in [2.75, 3.05) is 33.2 Å². The fourth-order valence-corrected chi connectivity index (χ4v) is 4.35. The number of amides is 2. The highest BCUT2D eigenvalue weighted by molar-refractivity contribution is 5.88. The monoisotopic (exact) mass is 540 g/mol. The average molecular weight is 541 g/mol. The molecule has 1 aliphatic rings. The summed E-state index contributed by atoms with van der Waals surface area (Å²) < 4.78 is 0. The maximum Gasteiger partial charge on any atom is 0.242 e. The standard InChI is InChI=1S/C23H38N4O3.C6H6.CH4N2/c1-3-5-18-11-14-27(15-12-18)17-22(29)26-21(6-4-13-24-2)23(30)25-16-19-7-9-20(28)10-8-19;1-2-4-6-5-3-1;2-1-3/h7-10,18,21,24,28H,3-6,11-17H2,1-2H3,(H,25,30)(H,26,29);1-6H;1H,(H3,2,3). The van der Waals surface area contributed by atoms with Crippen LogP contribution < -0.4 is 21.7 Å². The average Bonchev–Trinajstić information content (AvgIpc) is 2.95. The van der Waals surface area contributed by atoms with E-state index in [2.05, 4.69) is 33.5 Å². The molecule has 0 bridgehead atoms. The summed E-state index contributed by atoms with van der Waals surface area (Å²) in [5.41, 5.74) is 5.29. The molecule has 0 spiro atoms. The van der Waals surface area contributed by atoms with Crippen molar-refractivity contribution in [1.29, 1.82) is 5.41 Å². The van der Waals surface area contributed by atoms with Gasteiger partial charge in [-0.1, -0.05) is 68.3 Å². The number of nitrogens with zero attached hydrogens (tertiary/aromatic N) is 1. The van der Waals surface area contributed by atoms with Crippen molar-refractivity contribution in [2.24, 2.45) is 11.7 Å². The molecule has 1 saturated heterocycles. The molecule has 9 nitrogen and oxygen atoms in total. The van der Waals surface area contributed by atoms with E-state index in [1.807, 2.05) is 43.4 Å². The molecule has 2 amide bonds. The Balaban J connectivity index is 0.000000718. The van der Waals surface area contributed by atoms with E-state index >= 15 is 0 Å². The fraction of sp³-hybridized carbons (Fsp3) is 0.500. The van der Waals surface area contributed by atoms with Crippen molar-refractivity contribution in [1.82, 2.24) is 20.9 Å². The predicted molar refractivity (Wildman–Crippen MR) is 159 cm³/mol. The molecule has 0 aliphatic carbocycles. The lowest BCUT2D eigenvalue weighted by Gasteiger charge is -2.31. The molecular weight excluding hydrogens is 492 g/mol. The Morgan fingerprint density at radius 1 is 1.10 bits per heavy atom. The Morgan fingerprint density at radius 3 is 2.18 bits per heavy atom. The summed E-state index contributed by atoms with van der Waals surface area (Å²) >= 11 is 0. The van der Waals surface area contributed by atoms with Gasteiger partial charge in [-0.3, -0.25) is 19.9 Å². The molecule has 1 atom stereocenters. The molecule has 2 aromatic rings. The summed E-state index contributed by atoms with van der Waals surface area (Å²) in [7, 11) is 1.88. The molecule has 216 valence electrons. The van der Waals surface area contributed by atoms with E-state index in [4.69, 9.17) is 5.41 Å². The minimum Gasteiger partial charge on any atom is -0.508 e.